The summed E-state index contributed by atoms with van der Waals surface area (Å²) in [5.74, 6) is -1.74. The van der Waals surface area contributed by atoms with Crippen LogP contribution in [0.4, 0.5) is 111 Å². The normalized spacial score (nSPS) is 14.3. The predicted molar refractivity (Wildman–Crippen MR) is 519 cm³/mol. The number of methoxy groups -OCH3 is 2. The van der Waals surface area contributed by atoms with E-state index in [4.69, 9.17) is 24.9 Å². The molecule has 48 heteroatoms. The van der Waals surface area contributed by atoms with E-state index in [0.29, 0.717) is 182 Å². The summed E-state index contributed by atoms with van der Waals surface area (Å²) < 4.78 is 124. The standard InChI is InChI=1S/2C23H30FN5O3.C20H27FN6O3S.C20H24FN5O3.C2H6ClNO2S.C2H3ClO2.2FH/c2*1-16-5-6-19(14-25-16)26-21(30)27-20-12-17(11-18(24)13-20)15-28-7-9-29(10-8-28)22(31)32-23(2,3)4;1-15-4-5-18(13-22-15)23-20(28)24-19-11-16(10-17(21)12-19)14-26-6-8-27(9-7-26)31(29,30)25(2)3;1-14-3-4-17(12-22-14)23-19(27)24-18-10-15(9-16(21)11-18)13-25-5-7-26(8-6-25)20(28)29-2;1-4(2)7(3,5)6;1-5-2(3)4;;/h2*5-6,11-14H,7-10,15H2,1-4H3,(H2,26,27,30);4-5,10-13H,6-9,14H2,1-3H3,(H2,23,24,28);3-4,9-12H,5-8,13H2,1-2H3,(H2,23,24,27);1-2H3;1H3;2*1H. The van der Waals surface area contributed by atoms with Crippen LogP contribution in [0, 0.1) is 51.0 Å². The zero-order valence-electron chi connectivity index (χ0n) is 79.7. The monoisotopic (exact) mass is 2010 g/mol. The fourth-order valence-electron chi connectivity index (χ4n) is 13.0. The highest BCUT2D eigenvalue weighted by molar-refractivity contribution is 8.11. The Labute approximate surface area is 809 Å². The second-order valence-corrected chi connectivity index (χ2v) is 39.0. The number of urea groups is 4. The van der Waals surface area contributed by atoms with Crippen LogP contribution in [-0.2, 0) is 64.6 Å². The van der Waals surface area contributed by atoms with Gasteiger partial charge in [-0.25, -0.2) is 55.9 Å². The van der Waals surface area contributed by atoms with Crippen LogP contribution in [0.3, 0.4) is 0 Å². The van der Waals surface area contributed by atoms with Gasteiger partial charge in [-0.2, -0.15) is 29.8 Å². The van der Waals surface area contributed by atoms with Crippen molar-refractivity contribution < 1.29 is 101 Å². The first-order valence-electron chi connectivity index (χ1n) is 42.8. The minimum Gasteiger partial charge on any atom is -0.457 e. The third kappa shape index (κ3) is 43.1. The number of halogens is 8. The molecule has 0 atom stereocenters. The molecule has 0 spiro atoms. The van der Waals surface area contributed by atoms with Gasteiger partial charge in [-0.3, -0.25) is 48.9 Å². The molecule has 756 valence electrons. The summed E-state index contributed by atoms with van der Waals surface area (Å²) in [5.41, 5.74) is 8.06. The molecule has 38 nitrogen and oxygen atoms in total. The number of rotatable bonds is 19. The van der Waals surface area contributed by atoms with E-state index in [0.717, 1.165) is 43.8 Å². The lowest BCUT2D eigenvalue weighted by atomic mass is 10.1. The summed E-state index contributed by atoms with van der Waals surface area (Å²) >= 11 is 4.60. The third-order valence-corrected chi connectivity index (χ3v) is 23.5. The molecular weight excluding hydrogens is 1890 g/mol. The van der Waals surface area contributed by atoms with Gasteiger partial charge < -0.3 is 76.2 Å². The number of piperazine rings is 4. The third-order valence-electron chi connectivity index (χ3n) is 19.7. The number of nitrogens with zero attached hydrogens (tertiary/aromatic N) is 14. The summed E-state index contributed by atoms with van der Waals surface area (Å²) in [6.07, 6.45) is 5.25. The lowest BCUT2D eigenvalue weighted by Crippen LogP contribution is -2.51. The molecule has 11 amide bonds. The van der Waals surface area contributed by atoms with Gasteiger partial charge in [-0.05, 0) is 213 Å². The molecule has 0 unspecified atom stereocenters. The number of amides is 11. The van der Waals surface area contributed by atoms with Crippen LogP contribution in [-0.4, -0.2) is 290 Å². The van der Waals surface area contributed by atoms with Crippen LogP contribution < -0.4 is 42.5 Å². The fourth-order valence-corrected chi connectivity index (χ4v) is 14.1. The van der Waals surface area contributed by atoms with Gasteiger partial charge in [0, 0.05) is 227 Å². The Morgan fingerprint density at radius 1 is 0.355 bits per heavy atom. The number of carbonyl (C=O) groups excluding carboxylic acids is 8. The van der Waals surface area contributed by atoms with Crippen LogP contribution in [0.15, 0.2) is 146 Å². The molecule has 4 aromatic carbocycles. The summed E-state index contributed by atoms with van der Waals surface area (Å²) in [6.45, 7) is 29.5. The van der Waals surface area contributed by atoms with Crippen molar-refractivity contribution in [2.45, 2.75) is 107 Å². The molecule has 8 N–H and O–H groups in total. The average Bonchev–Trinajstić information content (AvgIpc) is 0.819. The Morgan fingerprint density at radius 2 is 0.572 bits per heavy atom. The van der Waals surface area contributed by atoms with E-state index in [2.05, 4.69) is 98.4 Å². The van der Waals surface area contributed by atoms with Gasteiger partial charge in [0.2, 0.25) is 0 Å². The van der Waals surface area contributed by atoms with Crippen LogP contribution in [0.2, 0.25) is 0 Å². The van der Waals surface area contributed by atoms with E-state index < -0.39 is 83.5 Å². The SMILES string of the molecule is CN(C)S(=O)(=O)Cl.COC(=O)Cl.COC(=O)N1CCN(Cc2cc(F)cc(NC(=O)Nc3ccc(C)nc3)c2)CC1.Cc1ccc(NC(=O)Nc2cc(F)cc(CN3CCN(C(=O)OC(C)(C)C)CC3)c2)cn1.Cc1ccc(NC(=O)Nc2cc(F)cc(CN3CCN(C(=O)OC(C)(C)C)CC3)c2)cn1.Cc1ccc(NC(=O)Nc2cc(F)cc(CN3CCN(S(=O)(=O)N(C)C)CC3)c2)cn1.F.F. The molecule has 4 aromatic heterocycles. The molecule has 0 saturated carbocycles. The zero-order chi connectivity index (χ0) is 100. The molecule has 4 aliphatic heterocycles. The number of carbonyl (C=O) groups is 8. The minimum absolute atomic E-state index is 0. The van der Waals surface area contributed by atoms with Crippen molar-refractivity contribution in [3.63, 3.8) is 0 Å². The van der Waals surface area contributed by atoms with Gasteiger partial charge in [0.25, 0.3) is 19.4 Å². The highest BCUT2D eigenvalue weighted by atomic mass is 35.7. The number of hydrogen-bond acceptors (Lipinski definition) is 24. The van der Waals surface area contributed by atoms with Crippen LogP contribution in [0.5, 0.6) is 0 Å². The predicted octanol–water partition coefficient (Wildman–Crippen LogP) is 14.9. The molecule has 8 heterocycles. The van der Waals surface area contributed by atoms with Gasteiger partial charge in [-0.15, -0.1) is 0 Å². The molecule has 8 aromatic rings. The Balaban J connectivity index is 0.000000310. The maximum atomic E-state index is 14.2. The Bertz CT molecular complexity index is 5390. The molecule has 4 aliphatic rings. The van der Waals surface area contributed by atoms with Crippen molar-refractivity contribution in [1.82, 2.24) is 67.2 Å². The number of hydrogen-bond donors (Lipinski definition) is 8. The number of benzene rings is 4. The Kier molecular flexibility index (Phi) is 46.5. The molecular formula is C90H122Cl2F6N22O16S2. The van der Waals surface area contributed by atoms with E-state index in [9.17, 15) is 72.8 Å². The first-order valence-corrected chi connectivity index (χ1v) is 46.9. The van der Waals surface area contributed by atoms with Crippen molar-refractivity contribution in [3.8, 4) is 0 Å². The van der Waals surface area contributed by atoms with Crippen LogP contribution in [0.25, 0.3) is 0 Å². The quantitative estimate of drug-likeness (QED) is 0.0212. The summed E-state index contributed by atoms with van der Waals surface area (Å²) in [6, 6.07) is 30.0. The van der Waals surface area contributed by atoms with Crippen LogP contribution >= 0.6 is 22.3 Å². The van der Waals surface area contributed by atoms with E-state index in [1.54, 1.807) is 112 Å². The number of pyridine rings is 4. The fraction of sp³-hybridized carbons (Fsp3) is 0.422. The van der Waals surface area contributed by atoms with Crippen molar-refractivity contribution in [1.29, 1.82) is 0 Å². The van der Waals surface area contributed by atoms with Gasteiger partial charge in [0.15, 0.2) is 0 Å². The zero-order valence-corrected chi connectivity index (χ0v) is 82.8. The number of aryl methyl sites for hydroxylation is 4. The molecule has 138 heavy (non-hydrogen) atoms. The molecule has 4 saturated heterocycles. The van der Waals surface area contributed by atoms with Crippen molar-refractivity contribution in [2.75, 3.05) is 190 Å². The largest absolute Gasteiger partial charge is 0.457 e. The summed E-state index contributed by atoms with van der Waals surface area (Å²) in [5, 5.41) is 21.3. The smallest absolute Gasteiger partial charge is 0.410 e. The van der Waals surface area contributed by atoms with E-state index in [1.807, 2.05) is 69.2 Å². The Morgan fingerprint density at radius 3 is 0.761 bits per heavy atom. The highest BCUT2D eigenvalue weighted by Crippen LogP contribution is 2.26. The number of aromatic nitrogens is 4. The summed E-state index contributed by atoms with van der Waals surface area (Å²) in [4.78, 5) is 124. The first-order chi connectivity index (χ1) is 63.9. The van der Waals surface area contributed by atoms with Crippen molar-refractivity contribution in [3.05, 3.63) is 214 Å². The van der Waals surface area contributed by atoms with E-state index >= 15 is 0 Å². The van der Waals surface area contributed by atoms with E-state index in [1.165, 1.54) is 99.6 Å². The lowest BCUT2D eigenvalue weighted by Gasteiger charge is -2.35. The maximum absolute atomic E-state index is 14.2. The molecule has 12 rings (SSSR count). The number of ether oxygens (including phenoxy) is 4. The van der Waals surface area contributed by atoms with Gasteiger partial charge in [0.05, 0.1) is 61.8 Å². The second-order valence-electron chi connectivity index (χ2n) is 33.8. The highest BCUT2D eigenvalue weighted by Gasteiger charge is 2.32. The molecule has 0 aliphatic carbocycles. The maximum Gasteiger partial charge on any atom is 0.410 e. The summed E-state index contributed by atoms with van der Waals surface area (Å²) in [7, 11) is 6.22. The van der Waals surface area contributed by atoms with Crippen LogP contribution in [0.1, 0.15) is 86.6 Å². The van der Waals surface area contributed by atoms with Gasteiger partial charge >= 0.3 is 47.8 Å². The number of nitrogens with one attached hydrogen (secondary N) is 8. The van der Waals surface area contributed by atoms with Gasteiger partial charge in [0.1, 0.15) is 34.5 Å². The van der Waals surface area contributed by atoms with E-state index in [-0.39, 0.29) is 27.7 Å². The van der Waals surface area contributed by atoms with Crippen molar-refractivity contribution >= 4 is 135 Å². The van der Waals surface area contributed by atoms with Crippen molar-refractivity contribution in [2.24, 2.45) is 0 Å². The second kappa shape index (κ2) is 55.3. The molecule has 0 bridgehead atoms. The molecule has 0 radical (unpaired) electrons. The average molecular weight is 2020 g/mol. The minimum atomic E-state index is -3.44. The number of anilines is 8. The lowest BCUT2D eigenvalue weighted by molar-refractivity contribution is 0.0129. The topological polar surface area (TPSA) is 422 Å². The Hall–Kier alpha value is -12.4. The van der Waals surface area contributed by atoms with Gasteiger partial charge in [-0.1, -0.05) is 0 Å². The first kappa shape index (κ1) is 116. The molecule has 4 fully saturated rings.